The van der Waals surface area contributed by atoms with Gasteiger partial charge < -0.3 is 34.4 Å². The van der Waals surface area contributed by atoms with Gasteiger partial charge in [-0.25, -0.2) is 9.37 Å². The number of aromatic amines is 1. The lowest BCUT2D eigenvalue weighted by Crippen LogP contribution is -2.35. The summed E-state index contributed by atoms with van der Waals surface area (Å²) in [7, 11) is 1.34. The highest BCUT2D eigenvalue weighted by Gasteiger charge is 2.47. The van der Waals surface area contributed by atoms with Gasteiger partial charge in [0, 0.05) is 6.20 Å². The summed E-state index contributed by atoms with van der Waals surface area (Å²) in [5, 5.41) is 35.8. The molecule has 3 aromatic rings. The molecule has 9 nitrogen and oxygen atoms in total. The molecule has 1 aliphatic rings. The van der Waals surface area contributed by atoms with E-state index in [1.54, 1.807) is 6.07 Å². The average molecular weight is 458 g/mol. The Morgan fingerprint density at radius 1 is 1.25 bits per heavy atom. The van der Waals surface area contributed by atoms with Gasteiger partial charge in [-0.2, -0.15) is 13.2 Å². The van der Waals surface area contributed by atoms with Crippen LogP contribution in [-0.2, 0) is 15.8 Å². The van der Waals surface area contributed by atoms with Crippen molar-refractivity contribution in [2.45, 2.75) is 36.8 Å². The number of H-pyrrole nitrogens is 1. The molecule has 172 valence electrons. The number of hydrogen-bond acceptors (Lipinski definition) is 7. The third-order valence-corrected chi connectivity index (χ3v) is 5.22. The molecule has 1 fully saturated rings. The zero-order valence-electron chi connectivity index (χ0n) is 16.4. The summed E-state index contributed by atoms with van der Waals surface area (Å²) in [6.45, 7) is 0. The Hall–Kier alpha value is -3.00. The zero-order chi connectivity index (χ0) is 23.2. The van der Waals surface area contributed by atoms with Crippen LogP contribution in [0.25, 0.3) is 11.0 Å². The highest BCUT2D eigenvalue weighted by Crippen LogP contribution is 2.38. The van der Waals surface area contributed by atoms with Crippen molar-refractivity contribution in [2.24, 2.45) is 5.16 Å². The second kappa shape index (κ2) is 8.16. The fourth-order valence-electron chi connectivity index (χ4n) is 3.69. The molecule has 1 aromatic carbocycles. The van der Waals surface area contributed by atoms with Crippen molar-refractivity contribution in [3.05, 3.63) is 59.2 Å². The second-order valence-electron chi connectivity index (χ2n) is 7.14. The summed E-state index contributed by atoms with van der Waals surface area (Å²) >= 11 is 0. The standard InChI is InChI=1S/C19H18F4N4O5/c1-31-26-16-9-4-5-27(17(9)25-7-24-16)18-14(30)13(29)15(32-18)12(28)8-2-3-10(11(20)6-8)19(21,22)23/h2-7,12-15,18,28-30H,1H3,(H,24,25,26)/t12?,13-,14+,15+,18+/m0/s1. The third kappa shape index (κ3) is 3.72. The third-order valence-electron chi connectivity index (χ3n) is 5.22. The lowest BCUT2D eigenvalue weighted by molar-refractivity contribution is -0.140. The van der Waals surface area contributed by atoms with Gasteiger partial charge in [-0.05, 0) is 23.8 Å². The van der Waals surface area contributed by atoms with Gasteiger partial charge in [-0.15, -0.1) is 0 Å². The van der Waals surface area contributed by atoms with Crippen molar-refractivity contribution in [3.8, 4) is 0 Å². The minimum atomic E-state index is -4.90. The number of aromatic nitrogens is 3. The van der Waals surface area contributed by atoms with Crippen molar-refractivity contribution in [1.29, 1.82) is 0 Å². The molecule has 32 heavy (non-hydrogen) atoms. The van der Waals surface area contributed by atoms with Gasteiger partial charge in [-0.1, -0.05) is 11.2 Å². The maximum Gasteiger partial charge on any atom is 0.419 e. The maximum atomic E-state index is 13.9. The molecular weight excluding hydrogens is 440 g/mol. The quantitative estimate of drug-likeness (QED) is 0.346. The summed E-state index contributed by atoms with van der Waals surface area (Å²) in [5.74, 6) is -1.58. The average Bonchev–Trinajstić information content (AvgIpc) is 3.29. The van der Waals surface area contributed by atoms with E-state index < -0.39 is 48.2 Å². The van der Waals surface area contributed by atoms with Gasteiger partial charge in [0.2, 0.25) is 5.49 Å². The Morgan fingerprint density at radius 2 is 2.00 bits per heavy atom. The van der Waals surface area contributed by atoms with Crippen LogP contribution in [0.1, 0.15) is 23.5 Å². The SMILES string of the molecule is CON=c1nc[nH]c2c1ccn2[C@@H]1O[C@H](C(O)c2ccc(C(F)(F)F)c(F)c2)[C@@H](O)[C@H]1O. The topological polar surface area (TPSA) is 125 Å². The van der Waals surface area contributed by atoms with E-state index in [2.05, 4.69) is 15.1 Å². The van der Waals surface area contributed by atoms with E-state index in [-0.39, 0.29) is 11.1 Å². The predicted molar refractivity (Wildman–Crippen MR) is 98.9 cm³/mol. The van der Waals surface area contributed by atoms with Crippen molar-refractivity contribution in [3.63, 3.8) is 0 Å². The van der Waals surface area contributed by atoms with E-state index in [0.717, 1.165) is 6.07 Å². The first-order chi connectivity index (χ1) is 15.1. The van der Waals surface area contributed by atoms with Crippen LogP contribution in [0.15, 0.2) is 41.9 Å². The van der Waals surface area contributed by atoms with Crippen molar-refractivity contribution in [2.75, 3.05) is 7.11 Å². The molecule has 2 aromatic heterocycles. The van der Waals surface area contributed by atoms with Gasteiger partial charge in [0.05, 0.1) is 17.3 Å². The fraction of sp³-hybridized carbons (Fsp3) is 0.368. The van der Waals surface area contributed by atoms with Crippen LogP contribution in [0.4, 0.5) is 17.6 Å². The van der Waals surface area contributed by atoms with Gasteiger partial charge in [0.25, 0.3) is 0 Å². The van der Waals surface area contributed by atoms with Crippen LogP contribution in [0.3, 0.4) is 0 Å². The van der Waals surface area contributed by atoms with E-state index >= 15 is 0 Å². The monoisotopic (exact) mass is 458 g/mol. The highest BCUT2D eigenvalue weighted by atomic mass is 19.4. The van der Waals surface area contributed by atoms with Crippen LogP contribution < -0.4 is 5.49 Å². The zero-order valence-corrected chi connectivity index (χ0v) is 16.4. The molecule has 4 rings (SSSR count). The number of benzene rings is 1. The minimum absolute atomic E-state index is 0.241. The molecule has 1 unspecified atom stereocenters. The number of ether oxygens (including phenoxy) is 1. The van der Waals surface area contributed by atoms with E-state index in [1.807, 2.05) is 0 Å². The molecule has 1 saturated heterocycles. The van der Waals surface area contributed by atoms with E-state index in [9.17, 15) is 32.9 Å². The molecule has 0 saturated carbocycles. The van der Waals surface area contributed by atoms with Crippen molar-refractivity contribution in [1.82, 2.24) is 14.5 Å². The minimum Gasteiger partial charge on any atom is -0.397 e. The number of rotatable bonds is 4. The number of nitrogens with zero attached hydrogens (tertiary/aromatic N) is 3. The first-order valence-corrected chi connectivity index (χ1v) is 9.31. The van der Waals surface area contributed by atoms with Gasteiger partial charge in [0.15, 0.2) is 6.23 Å². The second-order valence-corrected chi connectivity index (χ2v) is 7.14. The van der Waals surface area contributed by atoms with Gasteiger partial charge >= 0.3 is 6.18 Å². The molecular formula is C19H18F4N4O5. The molecule has 0 bridgehead atoms. The smallest absolute Gasteiger partial charge is 0.397 e. The molecule has 0 spiro atoms. The van der Waals surface area contributed by atoms with Crippen LogP contribution in [0, 0.1) is 5.82 Å². The lowest BCUT2D eigenvalue weighted by atomic mass is 9.98. The number of nitrogens with one attached hydrogen (secondary N) is 1. The maximum absolute atomic E-state index is 13.9. The fourth-order valence-corrected chi connectivity index (χ4v) is 3.69. The van der Waals surface area contributed by atoms with E-state index in [0.29, 0.717) is 23.2 Å². The van der Waals surface area contributed by atoms with Crippen LogP contribution in [0.2, 0.25) is 0 Å². The summed E-state index contributed by atoms with van der Waals surface area (Å²) in [6.07, 6.45) is -9.54. The lowest BCUT2D eigenvalue weighted by Gasteiger charge is -2.22. The summed E-state index contributed by atoms with van der Waals surface area (Å²) in [5.41, 5.74) is -1.09. The molecule has 4 N–H and O–H groups in total. The number of hydrogen-bond donors (Lipinski definition) is 4. The molecule has 0 radical (unpaired) electrons. The normalized spacial score (nSPS) is 25.4. The molecule has 5 atom stereocenters. The first-order valence-electron chi connectivity index (χ1n) is 9.31. The number of fused-ring (bicyclic) bond motifs is 1. The van der Waals surface area contributed by atoms with Crippen molar-refractivity contribution < 1.29 is 42.5 Å². The van der Waals surface area contributed by atoms with Crippen LogP contribution in [-0.4, -0.2) is 55.3 Å². The Balaban J connectivity index is 1.64. The first kappa shape index (κ1) is 22.2. The van der Waals surface area contributed by atoms with Crippen molar-refractivity contribution >= 4 is 11.0 Å². The molecule has 3 heterocycles. The Labute approximate surface area is 177 Å². The number of aliphatic hydroxyl groups is 3. The number of aliphatic hydroxyl groups excluding tert-OH is 3. The summed E-state index contributed by atoms with van der Waals surface area (Å²) in [6, 6.07) is 3.50. The van der Waals surface area contributed by atoms with Gasteiger partial charge in [-0.3, -0.25) is 0 Å². The van der Waals surface area contributed by atoms with Gasteiger partial charge in [0.1, 0.15) is 43.0 Å². The Kier molecular flexibility index (Phi) is 5.67. The molecule has 13 heteroatoms. The highest BCUT2D eigenvalue weighted by molar-refractivity contribution is 5.74. The Bertz CT molecular complexity index is 1190. The Morgan fingerprint density at radius 3 is 2.66 bits per heavy atom. The molecule has 0 aliphatic carbocycles. The largest absolute Gasteiger partial charge is 0.419 e. The number of halogens is 4. The van der Waals surface area contributed by atoms with E-state index in [4.69, 9.17) is 9.57 Å². The summed E-state index contributed by atoms with van der Waals surface area (Å²) in [4.78, 5) is 11.6. The van der Waals surface area contributed by atoms with Crippen LogP contribution >= 0.6 is 0 Å². The molecule has 0 amide bonds. The number of alkyl halides is 3. The van der Waals surface area contributed by atoms with E-state index in [1.165, 1.54) is 24.2 Å². The van der Waals surface area contributed by atoms with Crippen LogP contribution in [0.5, 0.6) is 0 Å². The molecule has 1 aliphatic heterocycles. The predicted octanol–water partition coefficient (Wildman–Crippen LogP) is 1.34. The summed E-state index contributed by atoms with van der Waals surface area (Å²) < 4.78 is 59.4.